The average molecular weight is 393 g/mol. The number of carbonyl (C=O) groups excluding carboxylic acids is 3. The van der Waals surface area contributed by atoms with E-state index < -0.39 is 40.6 Å². The quantitative estimate of drug-likeness (QED) is 0.715. The highest BCUT2D eigenvalue weighted by atomic mass is 35.5. The van der Waals surface area contributed by atoms with E-state index in [4.69, 9.17) is 16.3 Å². The molecule has 0 unspecified atom stereocenters. The molecule has 138 valence electrons. The molecule has 1 N–H and O–H groups in total. The van der Waals surface area contributed by atoms with Crippen LogP contribution in [-0.4, -0.2) is 52.4 Å². The van der Waals surface area contributed by atoms with E-state index in [1.807, 2.05) is 5.32 Å². The van der Waals surface area contributed by atoms with Gasteiger partial charge in [-0.15, -0.1) is 0 Å². The van der Waals surface area contributed by atoms with Crippen LogP contribution in [0.5, 0.6) is 0 Å². The zero-order valence-electron chi connectivity index (χ0n) is 13.7. The molecule has 0 aliphatic rings. The average Bonchev–Trinajstić information content (AvgIpc) is 2.51. The predicted molar refractivity (Wildman–Crippen MR) is 89.7 cm³/mol. The summed E-state index contributed by atoms with van der Waals surface area (Å²) in [6.45, 7) is 0.551. The number of amides is 2. The second kappa shape index (κ2) is 8.67. The number of methoxy groups -OCH3 is 1. The summed E-state index contributed by atoms with van der Waals surface area (Å²) >= 11 is 5.83. The number of halogens is 1. The second-order valence-corrected chi connectivity index (χ2v) is 7.21. The number of imide groups is 1. The van der Waals surface area contributed by atoms with E-state index in [2.05, 4.69) is 4.74 Å². The Morgan fingerprint density at radius 2 is 1.96 bits per heavy atom. The Hall–Kier alpha value is -2.33. The first-order valence-electron chi connectivity index (χ1n) is 6.86. The highest BCUT2D eigenvalue weighted by Gasteiger charge is 2.25. The summed E-state index contributed by atoms with van der Waals surface area (Å²) in [4.78, 5) is 34.5. The number of anilines is 1. The summed E-state index contributed by atoms with van der Waals surface area (Å²) < 4.78 is 33.7. The Morgan fingerprint density at radius 3 is 2.48 bits per heavy atom. The molecule has 0 aromatic heterocycles. The van der Waals surface area contributed by atoms with Gasteiger partial charge in [-0.1, -0.05) is 17.7 Å². The van der Waals surface area contributed by atoms with Crippen LogP contribution in [0.25, 0.3) is 0 Å². The van der Waals surface area contributed by atoms with Crippen molar-refractivity contribution in [3.05, 3.63) is 29.3 Å². The topological polar surface area (TPSA) is 119 Å². The van der Waals surface area contributed by atoms with E-state index >= 15 is 0 Å². The number of nitrogens with zero attached hydrogens (tertiary/aromatic N) is 1. The maximum absolute atomic E-state index is 12.0. The Bertz CT molecular complexity index is 766. The normalized spacial score (nSPS) is 12.0. The van der Waals surface area contributed by atoms with E-state index in [9.17, 15) is 22.8 Å². The molecular weight excluding hydrogens is 376 g/mol. The molecule has 1 aromatic rings. The van der Waals surface area contributed by atoms with Gasteiger partial charge < -0.3 is 9.47 Å². The fraction of sp³-hybridized carbons (Fsp3) is 0.357. The van der Waals surface area contributed by atoms with Crippen LogP contribution in [0.4, 0.5) is 10.5 Å². The van der Waals surface area contributed by atoms with Gasteiger partial charge in [0, 0.05) is 5.02 Å². The number of ether oxygens (including phenoxy) is 2. The van der Waals surface area contributed by atoms with Crippen LogP contribution < -0.4 is 9.62 Å². The fourth-order valence-electron chi connectivity index (χ4n) is 1.69. The van der Waals surface area contributed by atoms with E-state index in [1.165, 1.54) is 25.1 Å². The van der Waals surface area contributed by atoms with Crippen molar-refractivity contribution in [1.82, 2.24) is 5.32 Å². The maximum Gasteiger partial charge on any atom is 0.413 e. The summed E-state index contributed by atoms with van der Waals surface area (Å²) in [5.41, 5.74) is 0.165. The van der Waals surface area contributed by atoms with Gasteiger partial charge in [0.1, 0.15) is 6.54 Å². The van der Waals surface area contributed by atoms with Crippen molar-refractivity contribution in [1.29, 1.82) is 0 Å². The van der Waals surface area contributed by atoms with E-state index in [0.29, 0.717) is 0 Å². The third kappa shape index (κ3) is 6.59. The van der Waals surface area contributed by atoms with Crippen molar-refractivity contribution >= 4 is 45.3 Å². The number of carbonyl (C=O) groups is 3. The third-order valence-corrected chi connectivity index (χ3v) is 4.23. The first-order valence-corrected chi connectivity index (χ1v) is 9.08. The molecule has 0 radical (unpaired) electrons. The molecule has 11 heteroatoms. The standard InChI is InChI=1S/C14H17ClN2O7S/c1-9(13(19)16-14(20)23-2)24-12(18)8-17(25(3,21)22)11-6-4-5-10(15)7-11/h4-7,9H,8H2,1-3H3,(H,16,19,20)/t9-/m0/s1. The van der Waals surface area contributed by atoms with Crippen molar-refractivity contribution in [2.75, 3.05) is 24.2 Å². The molecule has 0 aliphatic heterocycles. The maximum atomic E-state index is 12.0. The van der Waals surface area contributed by atoms with Crippen molar-refractivity contribution in [3.8, 4) is 0 Å². The lowest BCUT2D eigenvalue weighted by Gasteiger charge is -2.22. The van der Waals surface area contributed by atoms with Crippen LogP contribution in [0.15, 0.2) is 24.3 Å². The van der Waals surface area contributed by atoms with Crippen LogP contribution in [0.1, 0.15) is 6.92 Å². The number of hydrogen-bond donors (Lipinski definition) is 1. The summed E-state index contributed by atoms with van der Waals surface area (Å²) in [5, 5.41) is 2.11. The van der Waals surface area contributed by atoms with E-state index in [0.717, 1.165) is 17.7 Å². The molecule has 1 aromatic carbocycles. The largest absolute Gasteiger partial charge is 0.453 e. The van der Waals surface area contributed by atoms with Crippen LogP contribution >= 0.6 is 11.6 Å². The number of rotatable bonds is 6. The highest BCUT2D eigenvalue weighted by molar-refractivity contribution is 7.92. The van der Waals surface area contributed by atoms with Crippen LogP contribution in [0, 0.1) is 0 Å². The van der Waals surface area contributed by atoms with Gasteiger partial charge in [0.25, 0.3) is 5.91 Å². The molecule has 0 saturated heterocycles. The highest BCUT2D eigenvalue weighted by Crippen LogP contribution is 2.21. The molecule has 0 bridgehead atoms. The van der Waals surface area contributed by atoms with Crippen molar-refractivity contribution in [3.63, 3.8) is 0 Å². The summed E-state index contributed by atoms with van der Waals surface area (Å²) in [6, 6.07) is 5.88. The molecule has 1 rings (SSSR count). The number of esters is 1. The van der Waals surface area contributed by atoms with E-state index in [1.54, 1.807) is 6.07 Å². The zero-order valence-corrected chi connectivity index (χ0v) is 15.3. The number of alkyl carbamates (subject to hydrolysis) is 1. The lowest BCUT2D eigenvalue weighted by Crippen LogP contribution is -2.42. The van der Waals surface area contributed by atoms with Gasteiger partial charge in [-0.25, -0.2) is 13.2 Å². The molecule has 2 amide bonds. The Labute approximate surface area is 149 Å². The SMILES string of the molecule is COC(=O)NC(=O)[C@H](C)OC(=O)CN(c1cccc(Cl)c1)S(C)(=O)=O. The van der Waals surface area contributed by atoms with Gasteiger partial charge >= 0.3 is 12.1 Å². The van der Waals surface area contributed by atoms with Gasteiger partial charge in [0.2, 0.25) is 10.0 Å². The minimum absolute atomic E-state index is 0.165. The molecule has 9 nitrogen and oxygen atoms in total. The van der Waals surface area contributed by atoms with Gasteiger partial charge in [-0.05, 0) is 25.1 Å². The fourth-order valence-corrected chi connectivity index (χ4v) is 2.71. The second-order valence-electron chi connectivity index (χ2n) is 4.86. The molecule has 25 heavy (non-hydrogen) atoms. The Balaban J connectivity index is 2.83. The molecule has 0 aliphatic carbocycles. The lowest BCUT2D eigenvalue weighted by atomic mass is 10.3. The molecule has 1 atom stereocenters. The van der Waals surface area contributed by atoms with Gasteiger partial charge in [-0.3, -0.25) is 19.2 Å². The van der Waals surface area contributed by atoms with Crippen LogP contribution in [-0.2, 0) is 29.1 Å². The molecule has 0 fully saturated rings. The van der Waals surface area contributed by atoms with Crippen molar-refractivity contribution in [2.45, 2.75) is 13.0 Å². The molecule has 0 saturated carbocycles. The summed E-state index contributed by atoms with van der Waals surface area (Å²) in [5.74, 6) is -1.90. The third-order valence-electron chi connectivity index (χ3n) is 2.86. The van der Waals surface area contributed by atoms with Crippen LogP contribution in [0.2, 0.25) is 5.02 Å². The smallest absolute Gasteiger partial charge is 0.413 e. The number of nitrogens with one attached hydrogen (secondary N) is 1. The number of benzene rings is 1. The minimum Gasteiger partial charge on any atom is -0.453 e. The first-order chi connectivity index (χ1) is 11.5. The summed E-state index contributed by atoms with van der Waals surface area (Å²) in [6.07, 6.45) is -1.42. The van der Waals surface area contributed by atoms with Gasteiger partial charge in [0.05, 0.1) is 19.1 Å². The summed E-state index contributed by atoms with van der Waals surface area (Å²) in [7, 11) is -2.75. The Kier molecular flexibility index (Phi) is 7.19. The zero-order chi connectivity index (χ0) is 19.2. The van der Waals surface area contributed by atoms with Gasteiger partial charge in [0.15, 0.2) is 6.10 Å². The first kappa shape index (κ1) is 20.7. The lowest BCUT2D eigenvalue weighted by molar-refractivity contribution is -0.153. The minimum atomic E-state index is -3.81. The Morgan fingerprint density at radius 1 is 1.32 bits per heavy atom. The predicted octanol–water partition coefficient (Wildman–Crippen LogP) is 0.920. The van der Waals surface area contributed by atoms with Gasteiger partial charge in [-0.2, -0.15) is 0 Å². The van der Waals surface area contributed by atoms with Crippen molar-refractivity contribution < 1.29 is 32.3 Å². The molecular formula is C14H17ClN2O7S. The molecule has 0 heterocycles. The number of sulfonamides is 1. The monoisotopic (exact) mass is 392 g/mol. The van der Waals surface area contributed by atoms with Crippen LogP contribution in [0.3, 0.4) is 0 Å². The molecule has 0 spiro atoms. The number of hydrogen-bond acceptors (Lipinski definition) is 7. The van der Waals surface area contributed by atoms with Crippen molar-refractivity contribution in [2.24, 2.45) is 0 Å². The van der Waals surface area contributed by atoms with E-state index in [-0.39, 0.29) is 10.7 Å².